The zero-order valence-corrected chi connectivity index (χ0v) is 13.4. The van der Waals surface area contributed by atoms with Crippen LogP contribution in [0.2, 0.25) is 0 Å². The highest BCUT2D eigenvalue weighted by molar-refractivity contribution is 7.99. The smallest absolute Gasteiger partial charge is 0.261 e. The van der Waals surface area contributed by atoms with Crippen molar-refractivity contribution in [3.63, 3.8) is 0 Å². The molecule has 0 aliphatic heterocycles. The largest absolute Gasteiger partial charge is 0.436 e. The van der Waals surface area contributed by atoms with Gasteiger partial charge in [-0.1, -0.05) is 24.6 Å². The summed E-state index contributed by atoms with van der Waals surface area (Å²) in [7, 11) is 0. The fourth-order valence-electron chi connectivity index (χ4n) is 1.98. The van der Waals surface area contributed by atoms with E-state index in [0.29, 0.717) is 5.22 Å². The van der Waals surface area contributed by atoms with Crippen molar-refractivity contribution in [2.75, 3.05) is 0 Å². The Morgan fingerprint density at radius 3 is 2.65 bits per heavy atom. The summed E-state index contributed by atoms with van der Waals surface area (Å²) in [6, 6.07) is 6.66. The number of hydrogen-bond donors (Lipinski definition) is 1. The van der Waals surface area contributed by atoms with Gasteiger partial charge in [-0.2, -0.15) is 0 Å². The van der Waals surface area contributed by atoms with Crippen LogP contribution >= 0.6 is 11.8 Å². The fourth-order valence-corrected chi connectivity index (χ4v) is 2.92. The van der Waals surface area contributed by atoms with Crippen LogP contribution in [-0.2, 0) is 6.42 Å². The minimum Gasteiger partial charge on any atom is -0.436 e. The van der Waals surface area contributed by atoms with Gasteiger partial charge in [0.2, 0.25) is 0 Å². The molecule has 0 spiro atoms. The Morgan fingerprint density at radius 1 is 1.30 bits per heavy atom. The van der Waals surface area contributed by atoms with Crippen LogP contribution in [0, 0.1) is 20.8 Å². The van der Waals surface area contributed by atoms with E-state index in [9.17, 15) is 0 Å². The zero-order valence-electron chi connectivity index (χ0n) is 12.6. The lowest BCUT2D eigenvalue weighted by molar-refractivity contribution is 0.431. The van der Waals surface area contributed by atoms with Crippen molar-refractivity contribution in [1.29, 1.82) is 0 Å². The topological polar surface area (TPSA) is 52.0 Å². The highest BCUT2D eigenvalue weighted by Gasteiger charge is 2.12. The van der Waals surface area contributed by atoms with E-state index in [1.807, 2.05) is 13.8 Å². The standard InChI is InChI=1S/C16H22N2OS/c1-5-14(17)9-13-8-10(2)6-7-15(13)20-16-18-11(3)12(4)19-16/h6-8,14H,5,9,17H2,1-4H3. The molecule has 0 saturated heterocycles. The van der Waals surface area contributed by atoms with Crippen LogP contribution in [0.4, 0.5) is 0 Å². The van der Waals surface area contributed by atoms with Crippen LogP contribution in [0.3, 0.4) is 0 Å². The van der Waals surface area contributed by atoms with Crippen molar-refractivity contribution < 1.29 is 4.42 Å². The molecule has 1 aromatic heterocycles. The molecule has 0 aliphatic carbocycles. The number of nitrogens with two attached hydrogens (primary N) is 1. The number of nitrogens with zero attached hydrogens (tertiary/aromatic N) is 1. The van der Waals surface area contributed by atoms with Gasteiger partial charge in [0, 0.05) is 10.9 Å². The molecule has 1 unspecified atom stereocenters. The summed E-state index contributed by atoms with van der Waals surface area (Å²) in [6.45, 7) is 8.13. The Morgan fingerprint density at radius 2 is 2.05 bits per heavy atom. The molecule has 4 heteroatoms. The van der Waals surface area contributed by atoms with Gasteiger partial charge in [0.1, 0.15) is 5.76 Å². The molecule has 2 N–H and O–H groups in total. The van der Waals surface area contributed by atoms with Crippen molar-refractivity contribution >= 4 is 11.8 Å². The highest BCUT2D eigenvalue weighted by atomic mass is 32.2. The number of rotatable bonds is 5. The summed E-state index contributed by atoms with van der Waals surface area (Å²) >= 11 is 1.58. The highest BCUT2D eigenvalue weighted by Crippen LogP contribution is 2.32. The van der Waals surface area contributed by atoms with E-state index in [4.69, 9.17) is 10.2 Å². The van der Waals surface area contributed by atoms with E-state index in [1.165, 1.54) is 16.0 Å². The Kier molecular flexibility index (Phi) is 4.89. The Bertz CT molecular complexity index is 573. The van der Waals surface area contributed by atoms with Crippen LogP contribution in [0.25, 0.3) is 0 Å². The third-order valence-electron chi connectivity index (χ3n) is 3.43. The summed E-state index contributed by atoms with van der Waals surface area (Å²) in [5.74, 6) is 0.881. The van der Waals surface area contributed by atoms with Crippen LogP contribution in [-0.4, -0.2) is 11.0 Å². The molecular formula is C16H22N2OS. The number of benzene rings is 1. The van der Waals surface area contributed by atoms with Gasteiger partial charge in [-0.25, -0.2) is 4.98 Å². The summed E-state index contributed by atoms with van der Waals surface area (Å²) < 4.78 is 5.66. The molecule has 0 saturated carbocycles. The van der Waals surface area contributed by atoms with Crippen LogP contribution in [0.5, 0.6) is 0 Å². The van der Waals surface area contributed by atoms with Gasteiger partial charge >= 0.3 is 0 Å². The quantitative estimate of drug-likeness (QED) is 0.903. The minimum atomic E-state index is 0.198. The van der Waals surface area contributed by atoms with Crippen LogP contribution < -0.4 is 5.73 Å². The second-order valence-electron chi connectivity index (χ2n) is 5.21. The zero-order chi connectivity index (χ0) is 14.7. The molecular weight excluding hydrogens is 268 g/mol. The molecule has 0 amide bonds. The first-order chi connectivity index (χ1) is 9.49. The summed E-state index contributed by atoms with van der Waals surface area (Å²) in [4.78, 5) is 5.61. The monoisotopic (exact) mass is 290 g/mol. The molecule has 1 aromatic carbocycles. The summed E-state index contributed by atoms with van der Waals surface area (Å²) in [6.07, 6.45) is 1.87. The second kappa shape index (κ2) is 6.46. The van der Waals surface area contributed by atoms with Gasteiger partial charge < -0.3 is 10.2 Å². The van der Waals surface area contributed by atoms with Crippen molar-refractivity contribution in [3.8, 4) is 0 Å². The summed E-state index contributed by atoms with van der Waals surface area (Å²) in [5.41, 5.74) is 9.58. The maximum atomic E-state index is 6.10. The van der Waals surface area contributed by atoms with Crippen molar-refractivity contribution in [2.45, 2.75) is 56.7 Å². The van der Waals surface area contributed by atoms with E-state index >= 15 is 0 Å². The lowest BCUT2D eigenvalue weighted by Crippen LogP contribution is -2.21. The molecule has 3 nitrogen and oxygen atoms in total. The Labute approximate surface area is 125 Å². The lowest BCUT2D eigenvalue weighted by Gasteiger charge is -2.13. The molecule has 1 atom stereocenters. The van der Waals surface area contributed by atoms with Gasteiger partial charge in [0.15, 0.2) is 0 Å². The van der Waals surface area contributed by atoms with Crippen molar-refractivity contribution in [3.05, 3.63) is 40.8 Å². The van der Waals surface area contributed by atoms with E-state index < -0.39 is 0 Å². The van der Waals surface area contributed by atoms with Crippen LogP contribution in [0.1, 0.15) is 35.9 Å². The number of aryl methyl sites for hydroxylation is 3. The molecule has 2 aromatic rings. The normalized spacial score (nSPS) is 12.7. The first-order valence-electron chi connectivity index (χ1n) is 6.96. The predicted octanol–water partition coefficient (Wildman–Crippen LogP) is 4.03. The van der Waals surface area contributed by atoms with Crippen LogP contribution in [0.15, 0.2) is 32.7 Å². The maximum Gasteiger partial charge on any atom is 0.261 e. The van der Waals surface area contributed by atoms with Gasteiger partial charge in [-0.3, -0.25) is 0 Å². The van der Waals surface area contributed by atoms with Gasteiger partial charge in [0.25, 0.3) is 5.22 Å². The minimum absolute atomic E-state index is 0.198. The van der Waals surface area contributed by atoms with Gasteiger partial charge in [-0.15, -0.1) is 0 Å². The first-order valence-corrected chi connectivity index (χ1v) is 7.78. The SMILES string of the molecule is CCC(N)Cc1cc(C)ccc1Sc1nc(C)c(C)o1. The predicted molar refractivity (Wildman–Crippen MR) is 83.2 cm³/mol. The number of hydrogen-bond acceptors (Lipinski definition) is 4. The molecule has 1 heterocycles. The third-order valence-corrected chi connectivity index (χ3v) is 4.40. The molecule has 2 rings (SSSR count). The number of aromatic nitrogens is 1. The molecule has 108 valence electrons. The second-order valence-corrected chi connectivity index (χ2v) is 6.20. The number of oxazole rings is 1. The molecule has 0 aliphatic rings. The first kappa shape index (κ1) is 15.1. The van der Waals surface area contributed by atoms with E-state index in [2.05, 4.69) is 37.0 Å². The van der Waals surface area contributed by atoms with E-state index in [0.717, 1.165) is 24.3 Å². The Hall–Kier alpha value is -1.26. The van der Waals surface area contributed by atoms with Gasteiger partial charge in [-0.05, 0) is 57.0 Å². The van der Waals surface area contributed by atoms with E-state index in [1.54, 1.807) is 11.8 Å². The fraction of sp³-hybridized carbons (Fsp3) is 0.438. The lowest BCUT2D eigenvalue weighted by atomic mass is 10.0. The molecule has 0 bridgehead atoms. The third kappa shape index (κ3) is 3.64. The average Bonchev–Trinajstić information content (AvgIpc) is 2.71. The Balaban J connectivity index is 2.26. The molecule has 20 heavy (non-hydrogen) atoms. The molecule has 0 fully saturated rings. The van der Waals surface area contributed by atoms with Crippen molar-refractivity contribution in [2.24, 2.45) is 5.73 Å². The van der Waals surface area contributed by atoms with E-state index in [-0.39, 0.29) is 6.04 Å². The molecule has 0 radical (unpaired) electrons. The van der Waals surface area contributed by atoms with Crippen molar-refractivity contribution in [1.82, 2.24) is 4.98 Å². The average molecular weight is 290 g/mol. The van der Waals surface area contributed by atoms with Gasteiger partial charge in [0.05, 0.1) is 5.69 Å². The summed E-state index contributed by atoms with van der Waals surface area (Å²) in [5, 5.41) is 0.704. The maximum absolute atomic E-state index is 6.10.